The molecule has 0 radical (unpaired) electrons. The Hall–Kier alpha value is -1.53. The van der Waals surface area contributed by atoms with Crippen molar-refractivity contribution in [3.8, 4) is 6.07 Å². The van der Waals surface area contributed by atoms with Crippen molar-refractivity contribution in [1.82, 2.24) is 0 Å². The predicted octanol–water partition coefficient (Wildman–Crippen LogP) is 0.826. The predicted molar refractivity (Wildman–Crippen MR) is 41.4 cm³/mol. The highest BCUT2D eigenvalue weighted by Crippen LogP contribution is 2.12. The van der Waals surface area contributed by atoms with Gasteiger partial charge in [-0.05, 0) is 17.7 Å². The molecule has 0 unspecified atom stereocenters. The molecule has 0 heterocycles. The molecule has 0 aliphatic heterocycles. The molecule has 0 fully saturated rings. The van der Waals surface area contributed by atoms with Crippen LogP contribution in [0.2, 0.25) is 0 Å². The fraction of sp³-hybridized carbons (Fsp3) is 0.125. The number of anilines is 1. The van der Waals surface area contributed by atoms with E-state index in [0.717, 1.165) is 0 Å². The summed E-state index contributed by atoms with van der Waals surface area (Å²) in [4.78, 5) is 0. The first-order valence-electron chi connectivity index (χ1n) is 3.17. The van der Waals surface area contributed by atoms with E-state index in [0.29, 0.717) is 11.3 Å². The molecule has 0 aliphatic rings. The van der Waals surface area contributed by atoms with Crippen LogP contribution in [-0.4, -0.2) is 5.11 Å². The van der Waals surface area contributed by atoms with Gasteiger partial charge in [0.15, 0.2) is 6.10 Å². The van der Waals surface area contributed by atoms with E-state index >= 15 is 0 Å². The lowest BCUT2D eigenvalue weighted by Crippen LogP contribution is -1.93. The molecule has 3 heteroatoms. The molecule has 56 valence electrons. The number of hydrogen-bond donors (Lipinski definition) is 2. The maximum Gasteiger partial charge on any atom is 0.165 e. The van der Waals surface area contributed by atoms with Gasteiger partial charge >= 0.3 is 0 Å². The molecule has 0 amide bonds. The van der Waals surface area contributed by atoms with E-state index in [2.05, 4.69) is 0 Å². The van der Waals surface area contributed by atoms with E-state index in [1.54, 1.807) is 30.3 Å². The van der Waals surface area contributed by atoms with Gasteiger partial charge in [0, 0.05) is 5.69 Å². The van der Waals surface area contributed by atoms with Gasteiger partial charge in [0.25, 0.3) is 0 Å². The number of nitriles is 1. The summed E-state index contributed by atoms with van der Waals surface area (Å²) < 4.78 is 0. The van der Waals surface area contributed by atoms with Crippen LogP contribution in [0, 0.1) is 11.3 Å². The maximum absolute atomic E-state index is 9.02. The third kappa shape index (κ3) is 1.69. The van der Waals surface area contributed by atoms with Gasteiger partial charge < -0.3 is 10.8 Å². The van der Waals surface area contributed by atoms with Crippen LogP contribution in [0.4, 0.5) is 5.69 Å². The summed E-state index contributed by atoms with van der Waals surface area (Å²) in [5, 5.41) is 17.3. The maximum atomic E-state index is 9.02. The SMILES string of the molecule is N#C[C@@H](O)c1ccc(N)cc1. The Kier molecular flexibility index (Phi) is 2.09. The monoisotopic (exact) mass is 148 g/mol. The fourth-order valence-electron chi connectivity index (χ4n) is 0.753. The van der Waals surface area contributed by atoms with Crippen molar-refractivity contribution >= 4 is 5.69 Å². The normalized spacial score (nSPS) is 12.0. The van der Waals surface area contributed by atoms with Crippen LogP contribution in [0.1, 0.15) is 11.7 Å². The largest absolute Gasteiger partial charge is 0.399 e. The van der Waals surface area contributed by atoms with Crippen LogP contribution < -0.4 is 5.73 Å². The Morgan fingerprint density at radius 3 is 2.36 bits per heavy atom. The second kappa shape index (κ2) is 3.04. The molecular weight excluding hydrogens is 140 g/mol. The van der Waals surface area contributed by atoms with Crippen molar-refractivity contribution in [2.45, 2.75) is 6.10 Å². The zero-order chi connectivity index (χ0) is 8.27. The first-order chi connectivity index (χ1) is 5.24. The van der Waals surface area contributed by atoms with Crippen molar-refractivity contribution in [2.24, 2.45) is 0 Å². The third-order valence-electron chi connectivity index (χ3n) is 1.37. The quantitative estimate of drug-likeness (QED) is 0.457. The number of nitrogen functional groups attached to an aromatic ring is 1. The first-order valence-corrected chi connectivity index (χ1v) is 3.17. The highest BCUT2D eigenvalue weighted by atomic mass is 16.3. The van der Waals surface area contributed by atoms with E-state index < -0.39 is 6.10 Å². The highest BCUT2D eigenvalue weighted by molar-refractivity contribution is 5.40. The van der Waals surface area contributed by atoms with Gasteiger partial charge in [-0.1, -0.05) is 12.1 Å². The Labute approximate surface area is 64.7 Å². The van der Waals surface area contributed by atoms with Crippen LogP contribution in [0.5, 0.6) is 0 Å². The third-order valence-corrected chi connectivity index (χ3v) is 1.37. The molecule has 0 spiro atoms. The number of hydrogen-bond acceptors (Lipinski definition) is 3. The molecule has 1 aromatic rings. The fourth-order valence-corrected chi connectivity index (χ4v) is 0.753. The zero-order valence-corrected chi connectivity index (χ0v) is 5.86. The van der Waals surface area contributed by atoms with E-state index in [9.17, 15) is 0 Å². The summed E-state index contributed by atoms with van der Waals surface area (Å²) in [5.41, 5.74) is 6.60. The minimum absolute atomic E-state index is 0.571. The Balaban J connectivity index is 2.92. The highest BCUT2D eigenvalue weighted by Gasteiger charge is 2.02. The molecule has 3 N–H and O–H groups in total. The average molecular weight is 148 g/mol. The summed E-state index contributed by atoms with van der Waals surface area (Å²) in [6, 6.07) is 8.27. The molecule has 0 aromatic heterocycles. The number of benzene rings is 1. The van der Waals surface area contributed by atoms with Gasteiger partial charge in [-0.25, -0.2) is 0 Å². The molecule has 0 saturated carbocycles. The Bertz CT molecular complexity index is 273. The summed E-state index contributed by atoms with van der Waals surface area (Å²) >= 11 is 0. The number of aliphatic hydroxyl groups excluding tert-OH is 1. The number of nitrogens with two attached hydrogens (primary N) is 1. The van der Waals surface area contributed by atoms with Crippen molar-refractivity contribution in [1.29, 1.82) is 5.26 Å². The molecule has 0 saturated heterocycles. The Morgan fingerprint density at radius 1 is 1.36 bits per heavy atom. The standard InChI is InChI=1S/C8H8N2O/c9-5-8(11)6-1-3-7(10)4-2-6/h1-4,8,11H,10H2/t8-/m1/s1. The summed E-state index contributed by atoms with van der Waals surface area (Å²) in [5.74, 6) is 0. The van der Waals surface area contributed by atoms with E-state index in [1.165, 1.54) is 0 Å². The van der Waals surface area contributed by atoms with Crippen molar-refractivity contribution in [3.05, 3.63) is 29.8 Å². The van der Waals surface area contributed by atoms with Crippen molar-refractivity contribution in [3.63, 3.8) is 0 Å². The van der Waals surface area contributed by atoms with Crippen LogP contribution in [0.3, 0.4) is 0 Å². The minimum atomic E-state index is -1.05. The minimum Gasteiger partial charge on any atom is -0.399 e. The van der Waals surface area contributed by atoms with E-state index in [4.69, 9.17) is 16.1 Å². The summed E-state index contributed by atoms with van der Waals surface area (Å²) in [6.07, 6.45) is -1.05. The lowest BCUT2D eigenvalue weighted by atomic mass is 10.1. The van der Waals surface area contributed by atoms with Gasteiger partial charge in [0.2, 0.25) is 0 Å². The number of nitrogens with zero attached hydrogens (tertiary/aromatic N) is 1. The van der Waals surface area contributed by atoms with Gasteiger partial charge in [-0.2, -0.15) is 5.26 Å². The van der Waals surface area contributed by atoms with Crippen LogP contribution in [0.15, 0.2) is 24.3 Å². The summed E-state index contributed by atoms with van der Waals surface area (Å²) in [7, 11) is 0. The number of aliphatic hydroxyl groups is 1. The molecule has 1 atom stereocenters. The topological polar surface area (TPSA) is 70.0 Å². The van der Waals surface area contributed by atoms with Crippen LogP contribution >= 0.6 is 0 Å². The Morgan fingerprint density at radius 2 is 1.91 bits per heavy atom. The zero-order valence-electron chi connectivity index (χ0n) is 5.86. The van der Waals surface area contributed by atoms with Crippen LogP contribution in [0.25, 0.3) is 0 Å². The average Bonchev–Trinajstić information content (AvgIpc) is 2.05. The van der Waals surface area contributed by atoms with Crippen molar-refractivity contribution < 1.29 is 5.11 Å². The smallest absolute Gasteiger partial charge is 0.165 e. The second-order valence-corrected chi connectivity index (χ2v) is 2.20. The lowest BCUT2D eigenvalue weighted by molar-refractivity contribution is 0.236. The molecule has 1 rings (SSSR count). The van der Waals surface area contributed by atoms with Gasteiger partial charge in [-0.15, -0.1) is 0 Å². The second-order valence-electron chi connectivity index (χ2n) is 2.20. The van der Waals surface area contributed by atoms with E-state index in [-0.39, 0.29) is 0 Å². The summed E-state index contributed by atoms with van der Waals surface area (Å²) in [6.45, 7) is 0. The van der Waals surface area contributed by atoms with Gasteiger partial charge in [-0.3, -0.25) is 0 Å². The lowest BCUT2D eigenvalue weighted by Gasteiger charge is -2.00. The molecule has 0 bridgehead atoms. The molecule has 11 heavy (non-hydrogen) atoms. The van der Waals surface area contributed by atoms with E-state index in [1.807, 2.05) is 0 Å². The van der Waals surface area contributed by atoms with Gasteiger partial charge in [0.1, 0.15) is 0 Å². The van der Waals surface area contributed by atoms with Crippen molar-refractivity contribution in [2.75, 3.05) is 5.73 Å². The number of rotatable bonds is 1. The molecular formula is C8H8N2O. The first kappa shape index (κ1) is 7.58. The molecule has 0 aliphatic carbocycles. The molecule has 1 aromatic carbocycles. The van der Waals surface area contributed by atoms with Gasteiger partial charge in [0.05, 0.1) is 6.07 Å². The van der Waals surface area contributed by atoms with Crippen LogP contribution in [-0.2, 0) is 0 Å². The molecule has 3 nitrogen and oxygen atoms in total.